The average molecular weight is 362 g/mol. The van der Waals surface area contributed by atoms with Crippen molar-refractivity contribution in [2.75, 3.05) is 26.8 Å². The molecule has 0 aromatic heterocycles. The fraction of sp³-hybridized carbons (Fsp3) is 0.600. The fourth-order valence-electron chi connectivity index (χ4n) is 3.41. The highest BCUT2D eigenvalue weighted by Gasteiger charge is 2.22. The van der Waals surface area contributed by atoms with E-state index < -0.39 is 0 Å². The van der Waals surface area contributed by atoms with Gasteiger partial charge in [0.05, 0.1) is 7.11 Å². The number of hydrogen-bond acceptors (Lipinski definition) is 4. The van der Waals surface area contributed by atoms with Crippen LogP contribution < -0.4 is 14.8 Å². The highest BCUT2D eigenvalue weighted by Crippen LogP contribution is 2.25. The van der Waals surface area contributed by atoms with Crippen molar-refractivity contribution in [2.24, 2.45) is 0 Å². The third-order valence-electron chi connectivity index (χ3n) is 4.77. The summed E-state index contributed by atoms with van der Waals surface area (Å²) in [7, 11) is 1.56. The van der Waals surface area contributed by atoms with Gasteiger partial charge in [-0.25, -0.2) is 0 Å². The van der Waals surface area contributed by atoms with E-state index in [1.165, 1.54) is 25.7 Å². The summed E-state index contributed by atoms with van der Waals surface area (Å²) < 4.78 is 10.7. The van der Waals surface area contributed by atoms with Crippen molar-refractivity contribution >= 4 is 11.8 Å². The molecule has 0 unspecified atom stereocenters. The van der Waals surface area contributed by atoms with E-state index in [1.807, 2.05) is 17.0 Å². The molecule has 1 aliphatic carbocycles. The van der Waals surface area contributed by atoms with E-state index in [4.69, 9.17) is 9.47 Å². The summed E-state index contributed by atoms with van der Waals surface area (Å²) in [5, 5.41) is 2.83. The lowest BCUT2D eigenvalue weighted by Crippen LogP contribution is -2.44. The molecule has 0 heterocycles. The van der Waals surface area contributed by atoms with Crippen LogP contribution in [-0.4, -0.2) is 49.6 Å². The third kappa shape index (κ3) is 6.24. The van der Waals surface area contributed by atoms with Crippen LogP contribution in [0.2, 0.25) is 0 Å². The molecule has 1 N–H and O–H groups in total. The maximum Gasteiger partial charge on any atom is 0.258 e. The SMILES string of the molecule is COc1ccccc1OCC(=O)NCCN(C(C)=O)C1CCCCCC1. The van der Waals surface area contributed by atoms with Crippen molar-refractivity contribution in [1.82, 2.24) is 10.2 Å². The Morgan fingerprint density at radius 1 is 1.12 bits per heavy atom. The molecule has 0 aliphatic heterocycles. The minimum atomic E-state index is -0.208. The van der Waals surface area contributed by atoms with Gasteiger partial charge in [-0.05, 0) is 25.0 Å². The molecule has 6 heteroatoms. The van der Waals surface area contributed by atoms with Gasteiger partial charge in [0, 0.05) is 26.1 Å². The lowest BCUT2D eigenvalue weighted by Gasteiger charge is -2.30. The first-order chi connectivity index (χ1) is 12.6. The standard InChI is InChI=1S/C20H30N2O4/c1-16(23)22(17-9-5-3-4-6-10-17)14-13-21-20(24)15-26-19-12-8-7-11-18(19)25-2/h7-8,11-12,17H,3-6,9-10,13-15H2,1-2H3,(H,21,24). The van der Waals surface area contributed by atoms with Crippen LogP contribution in [0.15, 0.2) is 24.3 Å². The normalized spacial score (nSPS) is 15.0. The lowest BCUT2D eigenvalue weighted by molar-refractivity contribution is -0.132. The van der Waals surface area contributed by atoms with Crippen LogP contribution in [0.25, 0.3) is 0 Å². The van der Waals surface area contributed by atoms with Gasteiger partial charge >= 0.3 is 0 Å². The lowest BCUT2D eigenvalue weighted by atomic mass is 10.1. The number of nitrogens with zero attached hydrogens (tertiary/aromatic N) is 1. The van der Waals surface area contributed by atoms with Crippen molar-refractivity contribution in [3.8, 4) is 11.5 Å². The van der Waals surface area contributed by atoms with Crippen LogP contribution in [0.4, 0.5) is 0 Å². The zero-order chi connectivity index (χ0) is 18.8. The Morgan fingerprint density at radius 2 is 1.77 bits per heavy atom. The van der Waals surface area contributed by atoms with Gasteiger partial charge in [-0.1, -0.05) is 37.8 Å². The monoisotopic (exact) mass is 362 g/mol. The Balaban J connectivity index is 1.75. The Labute approximate surface area is 155 Å². The maximum atomic E-state index is 12.0. The summed E-state index contributed by atoms with van der Waals surface area (Å²) in [5.41, 5.74) is 0. The van der Waals surface area contributed by atoms with E-state index in [2.05, 4.69) is 5.32 Å². The molecule has 0 radical (unpaired) electrons. The highest BCUT2D eigenvalue weighted by atomic mass is 16.5. The minimum Gasteiger partial charge on any atom is -0.493 e. The molecule has 144 valence electrons. The number of para-hydroxylation sites is 2. The van der Waals surface area contributed by atoms with Crippen molar-refractivity contribution in [2.45, 2.75) is 51.5 Å². The minimum absolute atomic E-state index is 0.0795. The summed E-state index contributed by atoms with van der Waals surface area (Å²) in [5.74, 6) is 1.00. The smallest absolute Gasteiger partial charge is 0.258 e. The number of hydrogen-bond donors (Lipinski definition) is 1. The molecule has 1 fully saturated rings. The van der Waals surface area contributed by atoms with Gasteiger partial charge in [0.1, 0.15) is 0 Å². The second kappa shape index (κ2) is 10.7. The number of methoxy groups -OCH3 is 1. The summed E-state index contributed by atoms with van der Waals surface area (Å²) in [4.78, 5) is 25.9. The predicted molar refractivity (Wildman–Crippen MR) is 100 cm³/mol. The first-order valence-electron chi connectivity index (χ1n) is 9.41. The van der Waals surface area contributed by atoms with Gasteiger partial charge in [-0.3, -0.25) is 9.59 Å². The first kappa shape index (κ1) is 20.1. The zero-order valence-corrected chi connectivity index (χ0v) is 15.8. The van der Waals surface area contributed by atoms with Crippen LogP contribution in [0.5, 0.6) is 11.5 Å². The molecule has 1 saturated carbocycles. The van der Waals surface area contributed by atoms with Crippen LogP contribution >= 0.6 is 0 Å². The van der Waals surface area contributed by atoms with Gasteiger partial charge in [-0.2, -0.15) is 0 Å². The Kier molecular flexibility index (Phi) is 8.25. The van der Waals surface area contributed by atoms with Crippen LogP contribution in [0.1, 0.15) is 45.4 Å². The summed E-state index contributed by atoms with van der Waals surface area (Å²) in [6.45, 7) is 2.51. The van der Waals surface area contributed by atoms with Crippen molar-refractivity contribution in [3.63, 3.8) is 0 Å². The van der Waals surface area contributed by atoms with Gasteiger partial charge in [0.25, 0.3) is 5.91 Å². The number of carbonyl (C=O) groups excluding carboxylic acids is 2. The van der Waals surface area contributed by atoms with Gasteiger partial charge in [0.2, 0.25) is 5.91 Å². The van der Waals surface area contributed by atoms with Crippen molar-refractivity contribution < 1.29 is 19.1 Å². The van der Waals surface area contributed by atoms with E-state index >= 15 is 0 Å². The maximum absolute atomic E-state index is 12.0. The van der Waals surface area contributed by atoms with Crippen molar-refractivity contribution in [3.05, 3.63) is 24.3 Å². The first-order valence-corrected chi connectivity index (χ1v) is 9.41. The quantitative estimate of drug-likeness (QED) is 0.722. The molecule has 2 rings (SSSR count). The molecule has 2 amide bonds. The van der Waals surface area contributed by atoms with Gasteiger partial charge < -0.3 is 19.7 Å². The van der Waals surface area contributed by atoms with Crippen LogP contribution in [0.3, 0.4) is 0 Å². The Bertz CT molecular complexity index is 583. The molecule has 0 saturated heterocycles. The molecule has 0 bridgehead atoms. The molecule has 6 nitrogen and oxygen atoms in total. The molecular formula is C20H30N2O4. The Hall–Kier alpha value is -2.24. The fourth-order valence-corrected chi connectivity index (χ4v) is 3.41. The second-order valence-corrected chi connectivity index (χ2v) is 6.65. The van der Waals surface area contributed by atoms with Crippen LogP contribution in [0, 0.1) is 0 Å². The van der Waals surface area contributed by atoms with Crippen molar-refractivity contribution in [1.29, 1.82) is 0 Å². The van der Waals surface area contributed by atoms with E-state index in [0.717, 1.165) is 12.8 Å². The third-order valence-corrected chi connectivity index (χ3v) is 4.77. The Morgan fingerprint density at radius 3 is 2.38 bits per heavy atom. The highest BCUT2D eigenvalue weighted by molar-refractivity contribution is 5.78. The number of nitrogens with one attached hydrogen (secondary N) is 1. The van der Waals surface area contributed by atoms with Gasteiger partial charge in [0.15, 0.2) is 18.1 Å². The van der Waals surface area contributed by atoms with Crippen LogP contribution in [-0.2, 0) is 9.59 Å². The predicted octanol–water partition coefficient (Wildman–Crippen LogP) is 2.76. The summed E-state index contributed by atoms with van der Waals surface area (Å²) in [6, 6.07) is 7.51. The molecule has 1 aliphatic rings. The zero-order valence-electron chi connectivity index (χ0n) is 15.8. The van der Waals surface area contributed by atoms with E-state index in [1.54, 1.807) is 26.2 Å². The number of rotatable bonds is 8. The van der Waals surface area contributed by atoms with E-state index in [0.29, 0.717) is 30.6 Å². The molecule has 1 aromatic carbocycles. The largest absolute Gasteiger partial charge is 0.493 e. The molecule has 0 atom stereocenters. The number of carbonyl (C=O) groups is 2. The van der Waals surface area contributed by atoms with E-state index in [9.17, 15) is 9.59 Å². The van der Waals surface area contributed by atoms with E-state index in [-0.39, 0.29) is 18.4 Å². The number of benzene rings is 1. The number of ether oxygens (including phenoxy) is 2. The topological polar surface area (TPSA) is 67.9 Å². The summed E-state index contributed by atoms with van der Waals surface area (Å²) >= 11 is 0. The number of amides is 2. The average Bonchev–Trinajstić information content (AvgIpc) is 2.92. The second-order valence-electron chi connectivity index (χ2n) is 6.65. The molecule has 1 aromatic rings. The molecule has 26 heavy (non-hydrogen) atoms. The molecular weight excluding hydrogens is 332 g/mol. The summed E-state index contributed by atoms with van der Waals surface area (Å²) in [6.07, 6.45) is 6.97. The van der Waals surface area contributed by atoms with Gasteiger partial charge in [-0.15, -0.1) is 0 Å². The molecule has 0 spiro atoms.